The molecular weight excluding hydrogens is 246 g/mol. The molecule has 106 valence electrons. The van der Waals surface area contributed by atoms with Gasteiger partial charge in [0.1, 0.15) is 11.6 Å². The van der Waals surface area contributed by atoms with Crippen LogP contribution in [0.15, 0.2) is 18.2 Å². The summed E-state index contributed by atoms with van der Waals surface area (Å²) < 4.78 is 26.6. The maximum absolute atomic E-state index is 13.7. The number of benzene rings is 1. The van der Waals surface area contributed by atoms with Gasteiger partial charge < -0.3 is 5.73 Å². The Morgan fingerprint density at radius 3 is 2.79 bits per heavy atom. The molecular formula is C15H22F2N2. The highest BCUT2D eigenvalue weighted by Crippen LogP contribution is 2.25. The van der Waals surface area contributed by atoms with E-state index >= 15 is 0 Å². The van der Waals surface area contributed by atoms with Crippen LogP contribution in [0.25, 0.3) is 0 Å². The number of piperidine rings is 1. The van der Waals surface area contributed by atoms with Crippen LogP contribution in [-0.4, -0.2) is 24.0 Å². The van der Waals surface area contributed by atoms with E-state index in [4.69, 9.17) is 5.73 Å². The van der Waals surface area contributed by atoms with Crippen LogP contribution in [0, 0.1) is 17.6 Å². The molecule has 3 atom stereocenters. The number of hydrogen-bond acceptors (Lipinski definition) is 2. The van der Waals surface area contributed by atoms with E-state index in [1.54, 1.807) is 0 Å². The molecule has 1 aliphatic heterocycles. The topological polar surface area (TPSA) is 29.3 Å². The lowest BCUT2D eigenvalue weighted by molar-refractivity contribution is 0.106. The average Bonchev–Trinajstić information content (AvgIpc) is 2.34. The quantitative estimate of drug-likeness (QED) is 0.912. The average molecular weight is 268 g/mol. The van der Waals surface area contributed by atoms with Crippen molar-refractivity contribution < 1.29 is 8.78 Å². The van der Waals surface area contributed by atoms with Crippen LogP contribution >= 0.6 is 0 Å². The first-order valence-corrected chi connectivity index (χ1v) is 6.93. The van der Waals surface area contributed by atoms with Gasteiger partial charge in [0.2, 0.25) is 0 Å². The molecule has 1 aliphatic rings. The molecule has 0 amide bonds. The predicted octanol–water partition coefficient (Wildman–Crippen LogP) is 3.09. The number of halogens is 2. The van der Waals surface area contributed by atoms with Gasteiger partial charge in [0.05, 0.1) is 0 Å². The zero-order valence-corrected chi connectivity index (χ0v) is 11.6. The van der Waals surface area contributed by atoms with E-state index in [-0.39, 0.29) is 0 Å². The zero-order chi connectivity index (χ0) is 14.0. The molecule has 0 saturated carbocycles. The van der Waals surface area contributed by atoms with Crippen molar-refractivity contribution in [2.75, 3.05) is 13.1 Å². The summed E-state index contributed by atoms with van der Waals surface area (Å²) in [6.45, 7) is 6.05. The minimum Gasteiger partial charge on any atom is -0.323 e. The normalized spacial score (nSPS) is 26.4. The van der Waals surface area contributed by atoms with Gasteiger partial charge in [-0.05, 0) is 38.3 Å². The van der Waals surface area contributed by atoms with E-state index in [2.05, 4.69) is 18.7 Å². The van der Waals surface area contributed by atoms with Gasteiger partial charge in [-0.1, -0.05) is 13.0 Å². The first kappa shape index (κ1) is 14.4. The third-order valence-corrected chi connectivity index (χ3v) is 4.30. The van der Waals surface area contributed by atoms with Crippen molar-refractivity contribution >= 4 is 0 Å². The lowest BCUT2D eigenvalue weighted by Gasteiger charge is -2.39. The Hall–Kier alpha value is -1.00. The van der Waals surface area contributed by atoms with Crippen LogP contribution in [0.5, 0.6) is 0 Å². The fraction of sp³-hybridized carbons (Fsp3) is 0.600. The molecule has 0 bridgehead atoms. The van der Waals surface area contributed by atoms with Gasteiger partial charge in [0, 0.05) is 30.3 Å². The van der Waals surface area contributed by atoms with Gasteiger partial charge in [0.25, 0.3) is 0 Å². The number of likely N-dealkylation sites (tertiary alicyclic amines) is 1. The number of rotatable bonds is 3. The molecule has 0 aromatic heterocycles. The van der Waals surface area contributed by atoms with Crippen molar-refractivity contribution in [2.24, 2.45) is 11.7 Å². The van der Waals surface area contributed by atoms with Crippen molar-refractivity contribution in [2.45, 2.75) is 38.8 Å². The fourth-order valence-corrected chi connectivity index (χ4v) is 2.83. The third-order valence-electron chi connectivity index (χ3n) is 4.30. The first-order valence-electron chi connectivity index (χ1n) is 6.93. The second-order valence-electron chi connectivity index (χ2n) is 5.63. The standard InChI is InChI=1S/C15H22F2N2/c1-10-4-3-7-19(11(10)2)9-15(18)13-6-5-12(16)8-14(13)17/h5-6,8,10-11,15H,3-4,7,9,18H2,1-2H3. The second-order valence-corrected chi connectivity index (χ2v) is 5.63. The van der Waals surface area contributed by atoms with Crippen molar-refractivity contribution in [1.29, 1.82) is 0 Å². The van der Waals surface area contributed by atoms with Gasteiger partial charge in [-0.3, -0.25) is 4.90 Å². The Morgan fingerprint density at radius 1 is 1.37 bits per heavy atom. The molecule has 3 unspecified atom stereocenters. The van der Waals surface area contributed by atoms with Gasteiger partial charge in [-0.15, -0.1) is 0 Å². The molecule has 1 heterocycles. The minimum atomic E-state index is -0.562. The van der Waals surface area contributed by atoms with E-state index in [0.29, 0.717) is 24.1 Å². The van der Waals surface area contributed by atoms with E-state index in [1.807, 2.05) is 0 Å². The van der Waals surface area contributed by atoms with Gasteiger partial charge in [-0.2, -0.15) is 0 Å². The lowest BCUT2D eigenvalue weighted by Crippen LogP contribution is -2.45. The molecule has 4 heteroatoms. The van der Waals surface area contributed by atoms with Gasteiger partial charge in [0.15, 0.2) is 0 Å². The number of nitrogens with zero attached hydrogens (tertiary/aromatic N) is 1. The minimum absolute atomic E-state index is 0.395. The SMILES string of the molecule is CC1CCCN(CC(N)c2ccc(F)cc2F)C1C. The second kappa shape index (κ2) is 5.97. The summed E-state index contributed by atoms with van der Waals surface area (Å²) in [4.78, 5) is 2.31. The molecule has 1 aromatic rings. The van der Waals surface area contributed by atoms with Crippen LogP contribution in [0.1, 0.15) is 38.3 Å². The Morgan fingerprint density at radius 2 is 2.11 bits per heavy atom. The molecule has 1 saturated heterocycles. The summed E-state index contributed by atoms with van der Waals surface area (Å²) in [5.74, 6) is -0.474. The summed E-state index contributed by atoms with van der Waals surface area (Å²) in [6, 6.07) is 3.67. The van der Waals surface area contributed by atoms with E-state index in [0.717, 1.165) is 19.0 Å². The Kier molecular flexibility index (Phi) is 4.53. The third kappa shape index (κ3) is 3.31. The molecule has 2 rings (SSSR count). The van der Waals surface area contributed by atoms with Crippen molar-refractivity contribution in [3.8, 4) is 0 Å². The van der Waals surface area contributed by atoms with Crippen LogP contribution < -0.4 is 5.73 Å². The maximum atomic E-state index is 13.7. The highest BCUT2D eigenvalue weighted by Gasteiger charge is 2.26. The summed E-state index contributed by atoms with van der Waals surface area (Å²) in [7, 11) is 0. The molecule has 0 aliphatic carbocycles. The maximum Gasteiger partial charge on any atom is 0.130 e. The molecule has 1 aromatic carbocycles. The summed E-state index contributed by atoms with van der Waals surface area (Å²) in [5.41, 5.74) is 6.48. The smallest absolute Gasteiger partial charge is 0.130 e. The Labute approximate surface area is 113 Å². The van der Waals surface area contributed by atoms with Crippen LogP contribution in [0.3, 0.4) is 0 Å². The Balaban J connectivity index is 2.05. The largest absolute Gasteiger partial charge is 0.323 e. The fourth-order valence-electron chi connectivity index (χ4n) is 2.83. The molecule has 2 N–H and O–H groups in total. The summed E-state index contributed by atoms with van der Waals surface area (Å²) >= 11 is 0. The molecule has 0 spiro atoms. The zero-order valence-electron chi connectivity index (χ0n) is 11.6. The summed E-state index contributed by atoms with van der Waals surface area (Å²) in [6.07, 6.45) is 2.39. The van der Waals surface area contributed by atoms with E-state index in [9.17, 15) is 8.78 Å². The monoisotopic (exact) mass is 268 g/mol. The van der Waals surface area contributed by atoms with E-state index < -0.39 is 17.7 Å². The predicted molar refractivity (Wildman–Crippen MR) is 72.7 cm³/mol. The highest BCUT2D eigenvalue weighted by atomic mass is 19.1. The van der Waals surface area contributed by atoms with Gasteiger partial charge >= 0.3 is 0 Å². The summed E-state index contributed by atoms with van der Waals surface area (Å²) in [5, 5.41) is 0. The molecule has 1 fully saturated rings. The molecule has 19 heavy (non-hydrogen) atoms. The van der Waals surface area contributed by atoms with Crippen molar-refractivity contribution in [3.05, 3.63) is 35.4 Å². The van der Waals surface area contributed by atoms with Crippen LogP contribution in [0.4, 0.5) is 8.78 Å². The lowest BCUT2D eigenvalue weighted by atomic mass is 9.91. The van der Waals surface area contributed by atoms with Crippen molar-refractivity contribution in [1.82, 2.24) is 4.90 Å². The molecule has 0 radical (unpaired) electrons. The number of hydrogen-bond donors (Lipinski definition) is 1. The van der Waals surface area contributed by atoms with E-state index in [1.165, 1.54) is 18.6 Å². The van der Waals surface area contributed by atoms with Crippen LogP contribution in [-0.2, 0) is 0 Å². The Bertz CT molecular complexity index is 436. The van der Waals surface area contributed by atoms with Crippen molar-refractivity contribution in [3.63, 3.8) is 0 Å². The van der Waals surface area contributed by atoms with Gasteiger partial charge in [-0.25, -0.2) is 8.78 Å². The molecule has 2 nitrogen and oxygen atoms in total. The van der Waals surface area contributed by atoms with Crippen LogP contribution in [0.2, 0.25) is 0 Å². The number of nitrogens with two attached hydrogens (primary N) is 1. The first-order chi connectivity index (χ1) is 8.99. The highest BCUT2D eigenvalue weighted by molar-refractivity contribution is 5.22.